The lowest BCUT2D eigenvalue weighted by molar-refractivity contribution is 0.252. The second-order valence-corrected chi connectivity index (χ2v) is 7.41. The SMILES string of the molecule is Cc1ccc(C)c(S(=O)(=O)NCCNC(=O)Nc2ccc(F)cc2F)c1. The summed E-state index contributed by atoms with van der Waals surface area (Å²) in [4.78, 5) is 11.9. The van der Waals surface area contributed by atoms with E-state index in [9.17, 15) is 22.0 Å². The lowest BCUT2D eigenvalue weighted by Gasteiger charge is -2.11. The van der Waals surface area contributed by atoms with Crippen molar-refractivity contribution in [2.24, 2.45) is 0 Å². The van der Waals surface area contributed by atoms with Crippen LogP contribution in [0.25, 0.3) is 0 Å². The first-order valence-electron chi connectivity index (χ1n) is 7.76. The van der Waals surface area contributed by atoms with Gasteiger partial charge in [0, 0.05) is 19.2 Å². The van der Waals surface area contributed by atoms with E-state index in [1.54, 1.807) is 26.0 Å². The maximum absolute atomic E-state index is 13.4. The van der Waals surface area contributed by atoms with Crippen molar-refractivity contribution >= 4 is 21.7 Å². The minimum absolute atomic E-state index is 0.0151. The Kier molecular flexibility index (Phi) is 6.27. The normalized spacial score (nSPS) is 11.2. The molecule has 0 saturated carbocycles. The smallest absolute Gasteiger partial charge is 0.319 e. The lowest BCUT2D eigenvalue weighted by Crippen LogP contribution is -2.37. The Morgan fingerprint density at radius 1 is 1.04 bits per heavy atom. The van der Waals surface area contributed by atoms with E-state index >= 15 is 0 Å². The highest BCUT2D eigenvalue weighted by molar-refractivity contribution is 7.89. The number of sulfonamides is 1. The highest BCUT2D eigenvalue weighted by Gasteiger charge is 2.16. The third-order valence-electron chi connectivity index (χ3n) is 3.52. The standard InChI is InChI=1S/C17H19F2N3O3S/c1-11-3-4-12(2)16(9-11)26(24,25)21-8-7-20-17(23)22-15-6-5-13(18)10-14(15)19/h3-6,9-10,21H,7-8H2,1-2H3,(H2,20,22,23). The van der Waals surface area contributed by atoms with E-state index in [4.69, 9.17) is 0 Å². The predicted molar refractivity (Wildman–Crippen MR) is 94.5 cm³/mol. The molecule has 0 bridgehead atoms. The average molecular weight is 383 g/mol. The van der Waals surface area contributed by atoms with Crippen molar-refractivity contribution < 1.29 is 22.0 Å². The van der Waals surface area contributed by atoms with E-state index in [0.717, 1.165) is 17.7 Å². The third-order valence-corrected chi connectivity index (χ3v) is 5.12. The van der Waals surface area contributed by atoms with Gasteiger partial charge < -0.3 is 10.6 Å². The molecular weight excluding hydrogens is 364 g/mol. The van der Waals surface area contributed by atoms with Gasteiger partial charge in [-0.15, -0.1) is 0 Å². The average Bonchev–Trinajstić information content (AvgIpc) is 2.56. The van der Waals surface area contributed by atoms with E-state index in [2.05, 4.69) is 15.4 Å². The summed E-state index contributed by atoms with van der Waals surface area (Å²) in [6, 6.07) is 7.11. The molecule has 0 atom stereocenters. The van der Waals surface area contributed by atoms with Gasteiger partial charge >= 0.3 is 6.03 Å². The van der Waals surface area contributed by atoms with Gasteiger partial charge in [0.25, 0.3) is 0 Å². The Morgan fingerprint density at radius 2 is 1.77 bits per heavy atom. The predicted octanol–water partition coefficient (Wildman–Crippen LogP) is 2.68. The first-order valence-corrected chi connectivity index (χ1v) is 9.24. The number of urea groups is 1. The second-order valence-electron chi connectivity index (χ2n) is 5.67. The van der Waals surface area contributed by atoms with Gasteiger partial charge in [0.1, 0.15) is 11.6 Å². The summed E-state index contributed by atoms with van der Waals surface area (Å²) in [5.41, 5.74) is 1.25. The summed E-state index contributed by atoms with van der Waals surface area (Å²) in [7, 11) is -3.71. The van der Waals surface area contributed by atoms with Crippen LogP contribution >= 0.6 is 0 Å². The summed E-state index contributed by atoms with van der Waals surface area (Å²) < 4.78 is 53.2. The highest BCUT2D eigenvalue weighted by Crippen LogP contribution is 2.16. The van der Waals surface area contributed by atoms with Crippen LogP contribution in [0.3, 0.4) is 0 Å². The Bertz CT molecular complexity index is 917. The fraction of sp³-hybridized carbons (Fsp3) is 0.235. The number of benzene rings is 2. The zero-order chi connectivity index (χ0) is 19.3. The molecule has 0 spiro atoms. The molecule has 0 saturated heterocycles. The van der Waals surface area contributed by atoms with Crippen molar-refractivity contribution in [2.75, 3.05) is 18.4 Å². The van der Waals surface area contributed by atoms with Gasteiger partial charge in [-0.25, -0.2) is 26.7 Å². The summed E-state index contributed by atoms with van der Waals surface area (Å²) in [5.74, 6) is -1.66. The minimum Gasteiger partial charge on any atom is -0.337 e. The fourth-order valence-electron chi connectivity index (χ4n) is 2.19. The van der Waals surface area contributed by atoms with Crippen molar-refractivity contribution in [2.45, 2.75) is 18.7 Å². The molecular formula is C17H19F2N3O3S. The van der Waals surface area contributed by atoms with E-state index < -0.39 is 27.7 Å². The number of hydrogen-bond acceptors (Lipinski definition) is 3. The zero-order valence-electron chi connectivity index (χ0n) is 14.3. The summed E-state index contributed by atoms with van der Waals surface area (Å²) in [6.07, 6.45) is 0. The van der Waals surface area contributed by atoms with Gasteiger partial charge in [0.15, 0.2) is 0 Å². The molecule has 2 rings (SSSR count). The molecule has 0 heterocycles. The number of anilines is 1. The lowest BCUT2D eigenvalue weighted by atomic mass is 10.2. The van der Waals surface area contributed by atoms with Crippen molar-refractivity contribution in [3.63, 3.8) is 0 Å². The van der Waals surface area contributed by atoms with E-state index in [1.165, 1.54) is 0 Å². The van der Waals surface area contributed by atoms with Crippen LogP contribution in [-0.4, -0.2) is 27.5 Å². The molecule has 2 aromatic rings. The van der Waals surface area contributed by atoms with Gasteiger partial charge in [-0.3, -0.25) is 0 Å². The zero-order valence-corrected chi connectivity index (χ0v) is 15.1. The number of carbonyl (C=O) groups excluding carboxylic acids is 1. The molecule has 3 N–H and O–H groups in total. The Balaban J connectivity index is 1.86. The van der Waals surface area contributed by atoms with Gasteiger partial charge in [-0.1, -0.05) is 12.1 Å². The molecule has 0 fully saturated rings. The van der Waals surface area contributed by atoms with Crippen molar-refractivity contribution in [3.05, 3.63) is 59.2 Å². The number of nitrogens with one attached hydrogen (secondary N) is 3. The molecule has 6 nitrogen and oxygen atoms in total. The maximum atomic E-state index is 13.4. The van der Waals surface area contributed by atoms with Crippen LogP contribution in [0.15, 0.2) is 41.3 Å². The van der Waals surface area contributed by atoms with Crippen LogP contribution in [0, 0.1) is 25.5 Å². The molecule has 0 aromatic heterocycles. The van der Waals surface area contributed by atoms with Gasteiger partial charge in [-0.2, -0.15) is 0 Å². The monoisotopic (exact) mass is 383 g/mol. The van der Waals surface area contributed by atoms with Crippen molar-refractivity contribution in [1.29, 1.82) is 0 Å². The quantitative estimate of drug-likeness (QED) is 0.670. The number of halogens is 2. The van der Waals surface area contributed by atoms with Crippen LogP contribution < -0.4 is 15.4 Å². The number of hydrogen-bond donors (Lipinski definition) is 3. The fourth-order valence-corrected chi connectivity index (χ4v) is 3.55. The summed E-state index contributed by atoms with van der Waals surface area (Å²) in [6.45, 7) is 3.42. The number of carbonyl (C=O) groups is 1. The van der Waals surface area contributed by atoms with Crippen LogP contribution in [0.5, 0.6) is 0 Å². The van der Waals surface area contributed by atoms with E-state index in [0.29, 0.717) is 11.6 Å². The Morgan fingerprint density at radius 3 is 2.46 bits per heavy atom. The molecule has 9 heteroatoms. The Hall–Kier alpha value is -2.52. The molecule has 0 aliphatic rings. The van der Waals surface area contributed by atoms with Crippen molar-refractivity contribution in [1.82, 2.24) is 10.0 Å². The van der Waals surface area contributed by atoms with Crippen LogP contribution in [0.2, 0.25) is 0 Å². The number of amides is 2. The summed E-state index contributed by atoms with van der Waals surface area (Å²) in [5, 5.41) is 4.60. The molecule has 140 valence electrons. The van der Waals surface area contributed by atoms with Gasteiger partial charge in [-0.05, 0) is 43.2 Å². The second kappa shape index (κ2) is 8.24. The topological polar surface area (TPSA) is 87.3 Å². The number of rotatable bonds is 6. The number of aryl methyl sites for hydroxylation is 2. The molecule has 2 amide bonds. The first kappa shape index (κ1) is 19.8. The third kappa shape index (κ3) is 5.24. The molecule has 2 aromatic carbocycles. The molecule has 0 unspecified atom stereocenters. The largest absolute Gasteiger partial charge is 0.337 e. The first-order chi connectivity index (χ1) is 12.2. The van der Waals surface area contributed by atoms with Crippen LogP contribution in [-0.2, 0) is 10.0 Å². The summed E-state index contributed by atoms with van der Waals surface area (Å²) >= 11 is 0. The molecule has 0 radical (unpaired) electrons. The van der Waals surface area contributed by atoms with Gasteiger partial charge in [0.05, 0.1) is 10.6 Å². The van der Waals surface area contributed by atoms with E-state index in [-0.39, 0.29) is 23.7 Å². The van der Waals surface area contributed by atoms with Gasteiger partial charge in [0.2, 0.25) is 10.0 Å². The van der Waals surface area contributed by atoms with Crippen LogP contribution in [0.4, 0.5) is 19.3 Å². The maximum Gasteiger partial charge on any atom is 0.319 e. The molecule has 0 aliphatic carbocycles. The Labute approximate surface area is 150 Å². The minimum atomic E-state index is -3.71. The van der Waals surface area contributed by atoms with Crippen molar-refractivity contribution in [3.8, 4) is 0 Å². The van der Waals surface area contributed by atoms with E-state index in [1.807, 2.05) is 6.07 Å². The molecule has 26 heavy (non-hydrogen) atoms. The van der Waals surface area contributed by atoms with Crippen LogP contribution in [0.1, 0.15) is 11.1 Å². The highest BCUT2D eigenvalue weighted by atomic mass is 32.2. The molecule has 0 aliphatic heterocycles.